The Morgan fingerprint density at radius 3 is 2.79 bits per heavy atom. The van der Waals surface area contributed by atoms with E-state index in [4.69, 9.17) is 0 Å². The molecule has 19 heavy (non-hydrogen) atoms. The molecule has 0 saturated carbocycles. The lowest BCUT2D eigenvalue weighted by Gasteiger charge is -2.20. The first-order valence-corrected chi connectivity index (χ1v) is 6.10. The van der Waals surface area contributed by atoms with Crippen LogP contribution in [-0.4, -0.2) is 12.1 Å². The molecule has 2 heterocycles. The van der Waals surface area contributed by atoms with Gasteiger partial charge in [0.2, 0.25) is 5.91 Å². The van der Waals surface area contributed by atoms with Crippen LogP contribution >= 0.6 is 0 Å². The van der Waals surface area contributed by atoms with Crippen molar-refractivity contribution < 1.29 is 4.79 Å². The third-order valence-electron chi connectivity index (χ3n) is 3.82. The monoisotopic (exact) mass is 251 g/mol. The summed E-state index contributed by atoms with van der Waals surface area (Å²) in [4.78, 5) is 16.2. The summed E-state index contributed by atoms with van der Waals surface area (Å²) >= 11 is 0. The van der Waals surface area contributed by atoms with Gasteiger partial charge in [0.05, 0.1) is 5.41 Å². The number of hydrogen-bond donors (Lipinski definition) is 1. The van der Waals surface area contributed by atoms with Gasteiger partial charge in [-0.1, -0.05) is 6.07 Å². The van der Waals surface area contributed by atoms with Gasteiger partial charge in [0.15, 0.2) is 5.54 Å². The zero-order valence-electron chi connectivity index (χ0n) is 10.8. The van der Waals surface area contributed by atoms with Crippen molar-refractivity contribution in [3.63, 3.8) is 0 Å². The van der Waals surface area contributed by atoms with Crippen LogP contribution in [0.15, 0.2) is 35.3 Å². The topological polar surface area (TPSA) is 65.2 Å². The van der Waals surface area contributed by atoms with Crippen molar-refractivity contribution >= 4 is 17.8 Å². The van der Waals surface area contributed by atoms with Gasteiger partial charge in [-0.2, -0.15) is 5.26 Å². The predicted molar refractivity (Wildman–Crippen MR) is 73.0 cm³/mol. The standard InChI is InChI=1S/C15H13N3O/c1-14(2)11-8-10(4-5-12(11)18-13(14)19)15(9-16)6-3-7-17-15/h3-8H,1-2H3,(H,18,19). The maximum Gasteiger partial charge on any atom is 0.234 e. The van der Waals surface area contributed by atoms with E-state index in [0.717, 1.165) is 16.8 Å². The molecule has 0 radical (unpaired) electrons. The number of aliphatic imine (C=N–C) groups is 1. The van der Waals surface area contributed by atoms with Crippen LogP contribution in [0.4, 0.5) is 5.69 Å². The van der Waals surface area contributed by atoms with Gasteiger partial charge in [0.1, 0.15) is 6.07 Å². The first kappa shape index (κ1) is 11.7. The van der Waals surface area contributed by atoms with Crippen LogP contribution in [0.2, 0.25) is 0 Å². The summed E-state index contributed by atoms with van der Waals surface area (Å²) in [6, 6.07) is 7.83. The smallest absolute Gasteiger partial charge is 0.234 e. The highest BCUT2D eigenvalue weighted by atomic mass is 16.2. The molecule has 94 valence electrons. The Labute approximate surface area is 111 Å². The molecule has 4 nitrogen and oxygen atoms in total. The van der Waals surface area contributed by atoms with Crippen molar-refractivity contribution in [1.82, 2.24) is 0 Å². The highest BCUT2D eigenvalue weighted by molar-refractivity contribution is 6.05. The number of carbonyl (C=O) groups excluding carboxylic acids is 1. The largest absolute Gasteiger partial charge is 0.325 e. The Morgan fingerprint density at radius 1 is 1.37 bits per heavy atom. The second-order valence-corrected chi connectivity index (χ2v) is 5.35. The quantitative estimate of drug-likeness (QED) is 0.832. The number of amides is 1. The van der Waals surface area contributed by atoms with Gasteiger partial charge in [0, 0.05) is 11.9 Å². The summed E-state index contributed by atoms with van der Waals surface area (Å²) in [6.07, 6.45) is 5.17. The highest BCUT2D eigenvalue weighted by Crippen LogP contribution is 2.40. The molecular formula is C15H13N3O. The van der Waals surface area contributed by atoms with Crippen LogP contribution in [0.25, 0.3) is 0 Å². The second kappa shape index (κ2) is 3.55. The molecule has 1 atom stereocenters. The molecule has 2 aliphatic heterocycles. The average Bonchev–Trinajstić information content (AvgIpc) is 2.95. The molecule has 2 aliphatic rings. The van der Waals surface area contributed by atoms with Gasteiger partial charge in [-0.15, -0.1) is 0 Å². The molecule has 0 spiro atoms. The Bertz CT molecular complexity index is 665. The van der Waals surface area contributed by atoms with E-state index in [1.165, 1.54) is 0 Å². The number of nitriles is 1. The number of allylic oxidation sites excluding steroid dienone is 1. The van der Waals surface area contributed by atoms with Gasteiger partial charge in [0.25, 0.3) is 0 Å². The lowest BCUT2D eigenvalue weighted by atomic mass is 9.82. The molecule has 0 saturated heterocycles. The summed E-state index contributed by atoms with van der Waals surface area (Å²) < 4.78 is 0. The predicted octanol–water partition coefficient (Wildman–Crippen LogP) is 2.28. The number of benzene rings is 1. The number of nitrogens with one attached hydrogen (secondary N) is 1. The highest BCUT2D eigenvalue weighted by Gasteiger charge is 2.40. The summed E-state index contributed by atoms with van der Waals surface area (Å²) in [6.45, 7) is 3.76. The van der Waals surface area contributed by atoms with Crippen LogP contribution in [0.5, 0.6) is 0 Å². The van der Waals surface area contributed by atoms with Crippen molar-refractivity contribution in [2.24, 2.45) is 4.99 Å². The molecule has 1 aromatic rings. The summed E-state index contributed by atoms with van der Waals surface area (Å²) in [5, 5.41) is 12.3. The van der Waals surface area contributed by atoms with Crippen molar-refractivity contribution in [3.05, 3.63) is 41.5 Å². The Kier molecular flexibility index (Phi) is 2.18. The van der Waals surface area contributed by atoms with Crippen molar-refractivity contribution in [2.75, 3.05) is 5.32 Å². The molecule has 1 amide bonds. The zero-order valence-corrected chi connectivity index (χ0v) is 10.8. The Balaban J connectivity index is 2.17. The number of carbonyl (C=O) groups is 1. The lowest BCUT2D eigenvalue weighted by Crippen LogP contribution is -2.27. The molecule has 1 N–H and O–H groups in total. The number of fused-ring (bicyclic) bond motifs is 1. The third kappa shape index (κ3) is 1.45. The van der Waals surface area contributed by atoms with Crippen molar-refractivity contribution in [2.45, 2.75) is 24.8 Å². The molecule has 4 heteroatoms. The van der Waals surface area contributed by atoms with Gasteiger partial charge in [-0.3, -0.25) is 9.79 Å². The average molecular weight is 251 g/mol. The molecule has 0 fully saturated rings. The van der Waals surface area contributed by atoms with E-state index in [0.29, 0.717) is 0 Å². The lowest BCUT2D eigenvalue weighted by molar-refractivity contribution is -0.119. The second-order valence-electron chi connectivity index (χ2n) is 5.35. The normalized spacial score (nSPS) is 26.1. The van der Waals surface area contributed by atoms with Crippen LogP contribution < -0.4 is 5.32 Å². The fourth-order valence-corrected chi connectivity index (χ4v) is 2.50. The maximum absolute atomic E-state index is 11.9. The van der Waals surface area contributed by atoms with Crippen LogP contribution in [0.1, 0.15) is 25.0 Å². The number of rotatable bonds is 1. The van der Waals surface area contributed by atoms with Crippen LogP contribution in [0, 0.1) is 11.3 Å². The third-order valence-corrected chi connectivity index (χ3v) is 3.82. The number of hydrogen-bond acceptors (Lipinski definition) is 3. The molecular weight excluding hydrogens is 238 g/mol. The first-order valence-electron chi connectivity index (χ1n) is 6.10. The fourth-order valence-electron chi connectivity index (χ4n) is 2.50. The minimum Gasteiger partial charge on any atom is -0.325 e. The molecule has 0 aromatic heterocycles. The summed E-state index contributed by atoms with van der Waals surface area (Å²) in [7, 11) is 0. The number of anilines is 1. The SMILES string of the molecule is CC1(C)C(=O)Nc2ccc(C3(C#N)C=CC=N3)cc21. The van der Waals surface area contributed by atoms with Gasteiger partial charge < -0.3 is 5.32 Å². The van der Waals surface area contributed by atoms with Crippen LogP contribution in [0.3, 0.4) is 0 Å². The molecule has 0 aliphatic carbocycles. The van der Waals surface area contributed by atoms with Crippen LogP contribution in [-0.2, 0) is 15.7 Å². The van der Waals surface area contributed by atoms with E-state index >= 15 is 0 Å². The summed E-state index contributed by atoms with van der Waals surface area (Å²) in [5.41, 5.74) is 1.01. The minimum atomic E-state index is -0.948. The minimum absolute atomic E-state index is 0.0175. The van der Waals surface area contributed by atoms with E-state index in [-0.39, 0.29) is 5.91 Å². The van der Waals surface area contributed by atoms with E-state index in [2.05, 4.69) is 16.4 Å². The van der Waals surface area contributed by atoms with E-state index in [9.17, 15) is 10.1 Å². The van der Waals surface area contributed by atoms with E-state index in [1.54, 1.807) is 18.4 Å². The van der Waals surface area contributed by atoms with Gasteiger partial charge in [-0.05, 0) is 49.3 Å². The zero-order chi connectivity index (χ0) is 13.7. The Hall–Kier alpha value is -2.41. The van der Waals surface area contributed by atoms with Gasteiger partial charge in [-0.25, -0.2) is 0 Å². The summed E-state index contributed by atoms with van der Waals surface area (Å²) in [5.74, 6) is -0.0175. The molecule has 1 unspecified atom stereocenters. The fraction of sp³-hybridized carbons (Fsp3) is 0.267. The maximum atomic E-state index is 11.9. The Morgan fingerprint density at radius 2 is 2.16 bits per heavy atom. The number of nitrogens with zero attached hydrogens (tertiary/aromatic N) is 2. The first-order chi connectivity index (χ1) is 8.99. The van der Waals surface area contributed by atoms with Gasteiger partial charge >= 0.3 is 0 Å². The van der Waals surface area contributed by atoms with Crippen molar-refractivity contribution in [1.29, 1.82) is 5.26 Å². The molecule has 3 rings (SSSR count). The molecule has 1 aromatic carbocycles. The van der Waals surface area contributed by atoms with E-state index in [1.807, 2.05) is 32.0 Å². The van der Waals surface area contributed by atoms with Crippen molar-refractivity contribution in [3.8, 4) is 6.07 Å². The van der Waals surface area contributed by atoms with E-state index < -0.39 is 11.0 Å². The molecule has 0 bridgehead atoms.